The van der Waals surface area contributed by atoms with Gasteiger partial charge in [-0.15, -0.1) is 11.3 Å². The Morgan fingerprint density at radius 3 is 2.63 bits per heavy atom. The van der Waals surface area contributed by atoms with Crippen LogP contribution in [0.2, 0.25) is 0 Å². The van der Waals surface area contributed by atoms with Crippen LogP contribution >= 0.6 is 11.3 Å². The third-order valence-corrected chi connectivity index (χ3v) is 8.48. The summed E-state index contributed by atoms with van der Waals surface area (Å²) in [5.74, 6) is -0.481. The van der Waals surface area contributed by atoms with Crippen LogP contribution in [0.1, 0.15) is 62.9 Å². The minimum atomic E-state index is -0.250. The molecule has 8 nitrogen and oxygen atoms in total. The maximum Gasteiger partial charge on any atom is 0.261 e. The second-order valence-corrected chi connectivity index (χ2v) is 11.4. The van der Waals surface area contributed by atoms with Gasteiger partial charge in [0, 0.05) is 36.5 Å². The van der Waals surface area contributed by atoms with Gasteiger partial charge in [0.15, 0.2) is 0 Å². The lowest BCUT2D eigenvalue weighted by Gasteiger charge is -2.18. The summed E-state index contributed by atoms with van der Waals surface area (Å²) in [5, 5.41) is 5.55. The summed E-state index contributed by atoms with van der Waals surface area (Å²) in [4.78, 5) is 51.8. The first-order valence-electron chi connectivity index (χ1n) is 13.3. The van der Waals surface area contributed by atoms with E-state index in [-0.39, 0.29) is 23.4 Å². The van der Waals surface area contributed by atoms with Crippen LogP contribution in [-0.2, 0) is 12.8 Å². The normalized spacial score (nSPS) is 17.6. The molecule has 1 saturated heterocycles. The van der Waals surface area contributed by atoms with Gasteiger partial charge >= 0.3 is 0 Å². The smallest absolute Gasteiger partial charge is 0.261 e. The largest absolute Gasteiger partial charge is 0.381 e. The summed E-state index contributed by atoms with van der Waals surface area (Å²) >= 11 is 1.71. The Kier molecular flexibility index (Phi) is 6.71. The van der Waals surface area contributed by atoms with Gasteiger partial charge in [0.25, 0.3) is 17.4 Å². The number of likely N-dealkylation sites (tertiary alicyclic amines) is 1. The van der Waals surface area contributed by atoms with E-state index in [4.69, 9.17) is 4.99 Å². The maximum atomic E-state index is 13.1. The summed E-state index contributed by atoms with van der Waals surface area (Å²) < 4.78 is 0. The first-order valence-corrected chi connectivity index (χ1v) is 14.2. The number of hydrogen-bond acceptors (Lipinski definition) is 7. The highest BCUT2D eigenvalue weighted by Crippen LogP contribution is 2.36. The number of thiophene rings is 1. The number of nitrogens with one attached hydrogen (secondary N) is 2. The van der Waals surface area contributed by atoms with Gasteiger partial charge in [-0.25, -0.2) is 0 Å². The standard InChI is InChI=1S/C29H31N5O3S/c1-18(14-20-6-4-13-38-20)31-23-7-8-30-27(35)26(23)25-16-19-15-21-22(17-24(19)32-25)29(37)34(28(21)36)12-5-11-33-9-2-3-10-33/h4,6-8,13,15,17-18H,2-3,5,9-12,14,16H2,1H3,(H2,30,31,35)/t18-/m0/s1. The van der Waals surface area contributed by atoms with Crippen molar-refractivity contribution in [1.82, 2.24) is 14.8 Å². The van der Waals surface area contributed by atoms with Gasteiger partial charge in [0.05, 0.1) is 33.8 Å². The monoisotopic (exact) mass is 529 g/mol. The molecule has 1 aromatic carbocycles. The number of rotatable bonds is 9. The van der Waals surface area contributed by atoms with Crippen LogP contribution < -0.4 is 10.9 Å². The molecule has 1 fully saturated rings. The molecule has 0 saturated carbocycles. The molecule has 38 heavy (non-hydrogen) atoms. The second kappa shape index (κ2) is 10.3. The van der Waals surface area contributed by atoms with Crippen LogP contribution in [0, 0.1) is 0 Å². The topological polar surface area (TPSA) is 97.9 Å². The fraction of sp³-hybridized carbons (Fsp3) is 0.379. The van der Waals surface area contributed by atoms with E-state index in [0.717, 1.165) is 43.7 Å². The van der Waals surface area contributed by atoms with E-state index in [9.17, 15) is 14.4 Å². The lowest BCUT2D eigenvalue weighted by Crippen LogP contribution is -2.33. The number of pyridine rings is 1. The van der Waals surface area contributed by atoms with Crippen molar-refractivity contribution in [3.8, 4) is 0 Å². The Labute approximate surface area is 225 Å². The fourth-order valence-electron chi connectivity index (χ4n) is 5.72. The first-order chi connectivity index (χ1) is 18.5. The third kappa shape index (κ3) is 4.72. The van der Waals surface area contributed by atoms with Crippen LogP contribution in [0.5, 0.6) is 0 Å². The Morgan fingerprint density at radius 2 is 1.87 bits per heavy atom. The molecule has 2 N–H and O–H groups in total. The SMILES string of the molecule is C[C@@H](Cc1cccs1)Nc1cc[nH]c(=O)c1C1=Nc2cc3c(cc2C1)C(=O)N(CCCN1CCCC1)C3=O. The van der Waals surface area contributed by atoms with E-state index in [1.165, 1.54) is 22.6 Å². The van der Waals surface area contributed by atoms with Crippen LogP contribution in [0.4, 0.5) is 11.4 Å². The van der Waals surface area contributed by atoms with Gasteiger partial charge in [-0.3, -0.25) is 24.3 Å². The van der Waals surface area contributed by atoms with Crippen LogP contribution in [-0.4, -0.2) is 64.5 Å². The minimum Gasteiger partial charge on any atom is -0.381 e. The molecule has 0 bridgehead atoms. The molecular formula is C29H31N5O3S. The number of anilines is 1. The van der Waals surface area contributed by atoms with Gasteiger partial charge in [0.1, 0.15) is 0 Å². The number of carbonyl (C=O) groups is 2. The lowest BCUT2D eigenvalue weighted by molar-refractivity contribution is 0.0648. The van der Waals surface area contributed by atoms with Crippen molar-refractivity contribution in [2.75, 3.05) is 31.5 Å². The molecule has 3 aliphatic heterocycles. The van der Waals surface area contributed by atoms with Gasteiger partial charge in [-0.2, -0.15) is 0 Å². The average molecular weight is 530 g/mol. The number of benzene rings is 1. The van der Waals surface area contributed by atoms with Gasteiger partial charge in [0.2, 0.25) is 0 Å². The van der Waals surface area contributed by atoms with Crippen molar-refractivity contribution >= 4 is 40.2 Å². The molecule has 0 unspecified atom stereocenters. The van der Waals surface area contributed by atoms with Gasteiger partial charge in [-0.05, 0) is 81.0 Å². The highest BCUT2D eigenvalue weighted by atomic mass is 32.1. The third-order valence-electron chi connectivity index (χ3n) is 7.58. The van der Waals surface area contributed by atoms with E-state index in [1.54, 1.807) is 29.7 Å². The second-order valence-electron chi connectivity index (χ2n) is 10.4. The average Bonchev–Trinajstić information content (AvgIpc) is 3.69. The number of carbonyl (C=O) groups excluding carboxylic acids is 2. The van der Waals surface area contributed by atoms with E-state index >= 15 is 0 Å². The summed E-state index contributed by atoms with van der Waals surface area (Å²) in [6.45, 7) is 5.63. The Hall–Kier alpha value is -3.56. The number of H-pyrrole nitrogens is 1. The van der Waals surface area contributed by atoms with Crippen molar-refractivity contribution in [3.05, 3.63) is 79.4 Å². The maximum absolute atomic E-state index is 13.1. The summed E-state index contributed by atoms with van der Waals surface area (Å²) in [7, 11) is 0. The zero-order valence-corrected chi connectivity index (χ0v) is 22.3. The molecule has 5 heterocycles. The molecule has 6 rings (SSSR count). The molecule has 0 radical (unpaired) electrons. The Balaban J connectivity index is 1.20. The van der Waals surface area contributed by atoms with Crippen molar-refractivity contribution in [2.24, 2.45) is 4.99 Å². The molecule has 196 valence electrons. The number of nitrogens with zero attached hydrogens (tertiary/aromatic N) is 3. The molecule has 2 aromatic heterocycles. The van der Waals surface area contributed by atoms with Crippen LogP contribution in [0.25, 0.3) is 0 Å². The minimum absolute atomic E-state index is 0.120. The highest BCUT2D eigenvalue weighted by Gasteiger charge is 2.37. The Bertz CT molecular complexity index is 1470. The van der Waals surface area contributed by atoms with Crippen molar-refractivity contribution in [2.45, 2.75) is 45.1 Å². The number of amides is 2. The number of aromatic amines is 1. The molecule has 9 heteroatoms. The number of fused-ring (bicyclic) bond motifs is 2. The van der Waals surface area contributed by atoms with E-state index in [2.05, 4.69) is 33.6 Å². The zero-order chi connectivity index (χ0) is 26.2. The van der Waals surface area contributed by atoms with Gasteiger partial charge < -0.3 is 15.2 Å². The van der Waals surface area contributed by atoms with E-state index in [1.807, 2.05) is 12.1 Å². The predicted molar refractivity (Wildman–Crippen MR) is 150 cm³/mol. The molecule has 3 aromatic rings. The molecule has 3 aliphatic rings. The Morgan fingerprint density at radius 1 is 1.08 bits per heavy atom. The zero-order valence-electron chi connectivity index (χ0n) is 21.5. The van der Waals surface area contributed by atoms with Gasteiger partial charge in [-0.1, -0.05) is 6.07 Å². The number of hydrogen-bond donors (Lipinski definition) is 2. The van der Waals surface area contributed by atoms with E-state index in [0.29, 0.717) is 41.1 Å². The lowest BCUT2D eigenvalue weighted by atomic mass is 10.00. The summed E-state index contributed by atoms with van der Waals surface area (Å²) in [6, 6.07) is 9.65. The number of imide groups is 1. The molecular weight excluding hydrogens is 498 g/mol. The van der Waals surface area contributed by atoms with E-state index < -0.39 is 0 Å². The van der Waals surface area contributed by atoms with Crippen LogP contribution in [0.15, 0.2) is 51.7 Å². The number of aliphatic imine (C=N–C) groups is 1. The molecule has 0 aliphatic carbocycles. The van der Waals surface area contributed by atoms with Crippen molar-refractivity contribution in [1.29, 1.82) is 0 Å². The predicted octanol–water partition coefficient (Wildman–Crippen LogP) is 4.24. The fourth-order valence-corrected chi connectivity index (χ4v) is 6.55. The summed E-state index contributed by atoms with van der Waals surface area (Å²) in [5.41, 5.74) is 4.02. The quantitative estimate of drug-likeness (QED) is 0.404. The number of aromatic nitrogens is 1. The molecule has 2 amide bonds. The summed E-state index contributed by atoms with van der Waals surface area (Å²) in [6.07, 6.45) is 6.15. The molecule has 0 spiro atoms. The van der Waals surface area contributed by atoms with Crippen molar-refractivity contribution in [3.63, 3.8) is 0 Å². The first kappa shape index (κ1) is 24.8. The van der Waals surface area contributed by atoms with Crippen molar-refractivity contribution < 1.29 is 9.59 Å². The molecule has 1 atom stereocenters. The highest BCUT2D eigenvalue weighted by molar-refractivity contribution is 7.09. The van der Waals surface area contributed by atoms with Crippen LogP contribution in [0.3, 0.4) is 0 Å².